The molecule has 0 aliphatic carbocycles. The average Bonchev–Trinajstić information content (AvgIpc) is 2.58. The SMILES string of the molecule is CN(Cc1ccc(CNC(C)(C)C)s1)CC(F)(F)F. The standard InChI is InChI=1S/C13H21F3N2S/c1-12(2,3)17-7-10-5-6-11(19-10)8-18(4)9-13(14,15)16/h5-6,17H,7-9H2,1-4H3. The third-order valence-electron chi connectivity index (χ3n) is 2.39. The van der Waals surface area contributed by atoms with E-state index in [0.29, 0.717) is 6.54 Å². The van der Waals surface area contributed by atoms with Crippen molar-refractivity contribution in [3.63, 3.8) is 0 Å². The lowest BCUT2D eigenvalue weighted by atomic mass is 10.1. The van der Waals surface area contributed by atoms with Crippen LogP contribution < -0.4 is 5.32 Å². The molecule has 0 bridgehead atoms. The third-order valence-corrected chi connectivity index (χ3v) is 3.46. The van der Waals surface area contributed by atoms with Crippen molar-refractivity contribution >= 4 is 11.3 Å². The van der Waals surface area contributed by atoms with E-state index in [0.717, 1.165) is 16.3 Å². The van der Waals surface area contributed by atoms with Gasteiger partial charge in [0.2, 0.25) is 0 Å². The van der Waals surface area contributed by atoms with Gasteiger partial charge in [-0.1, -0.05) is 0 Å². The Kier molecular flexibility index (Phi) is 5.41. The number of nitrogens with zero attached hydrogens (tertiary/aromatic N) is 1. The first-order chi connectivity index (χ1) is 8.55. The molecule has 0 saturated carbocycles. The monoisotopic (exact) mass is 294 g/mol. The van der Waals surface area contributed by atoms with Crippen LogP contribution in [0.4, 0.5) is 13.2 Å². The van der Waals surface area contributed by atoms with Gasteiger partial charge in [-0.15, -0.1) is 11.3 Å². The predicted octanol–water partition coefficient (Wildman–Crippen LogP) is 3.63. The number of hydrogen-bond donors (Lipinski definition) is 1. The zero-order chi connectivity index (χ0) is 14.7. The second kappa shape index (κ2) is 6.24. The summed E-state index contributed by atoms with van der Waals surface area (Å²) in [7, 11) is 1.49. The van der Waals surface area contributed by atoms with Gasteiger partial charge in [-0.2, -0.15) is 13.2 Å². The van der Waals surface area contributed by atoms with Gasteiger partial charge in [0, 0.05) is 28.4 Å². The maximum absolute atomic E-state index is 12.2. The molecule has 1 aromatic rings. The molecule has 0 fully saturated rings. The first kappa shape index (κ1) is 16.5. The van der Waals surface area contributed by atoms with Crippen LogP contribution in [0.2, 0.25) is 0 Å². The summed E-state index contributed by atoms with van der Waals surface area (Å²) in [6.45, 7) is 6.45. The van der Waals surface area contributed by atoms with Gasteiger partial charge in [-0.3, -0.25) is 4.90 Å². The Labute approximate surface area is 116 Å². The number of hydrogen-bond acceptors (Lipinski definition) is 3. The van der Waals surface area contributed by atoms with Crippen molar-refractivity contribution < 1.29 is 13.2 Å². The lowest BCUT2D eigenvalue weighted by molar-refractivity contribution is -0.143. The molecule has 0 aliphatic heterocycles. The van der Waals surface area contributed by atoms with E-state index in [1.54, 1.807) is 11.3 Å². The molecular weight excluding hydrogens is 273 g/mol. The van der Waals surface area contributed by atoms with Gasteiger partial charge in [-0.05, 0) is 40.0 Å². The second-order valence-corrected chi connectivity index (χ2v) is 7.01. The molecule has 1 heterocycles. The highest BCUT2D eigenvalue weighted by Crippen LogP contribution is 2.21. The summed E-state index contributed by atoms with van der Waals surface area (Å²) in [6.07, 6.45) is -4.14. The van der Waals surface area contributed by atoms with Gasteiger partial charge < -0.3 is 5.32 Å². The molecule has 1 N–H and O–H groups in total. The Morgan fingerprint density at radius 3 is 2.26 bits per heavy atom. The van der Waals surface area contributed by atoms with E-state index >= 15 is 0 Å². The van der Waals surface area contributed by atoms with E-state index in [1.165, 1.54) is 11.9 Å². The number of nitrogens with one attached hydrogen (secondary N) is 1. The van der Waals surface area contributed by atoms with E-state index in [2.05, 4.69) is 26.1 Å². The van der Waals surface area contributed by atoms with E-state index < -0.39 is 12.7 Å². The highest BCUT2D eigenvalue weighted by atomic mass is 32.1. The smallest absolute Gasteiger partial charge is 0.307 e. The van der Waals surface area contributed by atoms with Crippen LogP contribution in [-0.4, -0.2) is 30.2 Å². The minimum Gasteiger partial charge on any atom is -0.307 e. The molecule has 0 saturated heterocycles. The Morgan fingerprint density at radius 1 is 1.16 bits per heavy atom. The fourth-order valence-corrected chi connectivity index (χ4v) is 2.62. The summed E-state index contributed by atoms with van der Waals surface area (Å²) in [5.74, 6) is 0. The second-order valence-electron chi connectivity index (χ2n) is 5.76. The molecule has 0 aliphatic rings. The van der Waals surface area contributed by atoms with Gasteiger partial charge in [0.15, 0.2) is 0 Å². The fraction of sp³-hybridized carbons (Fsp3) is 0.692. The summed E-state index contributed by atoms with van der Waals surface area (Å²) in [5, 5.41) is 3.36. The van der Waals surface area contributed by atoms with Crippen LogP contribution >= 0.6 is 11.3 Å². The zero-order valence-corrected chi connectivity index (χ0v) is 12.6. The molecule has 0 unspecified atom stereocenters. The van der Waals surface area contributed by atoms with Crippen molar-refractivity contribution in [1.82, 2.24) is 10.2 Å². The number of rotatable bonds is 5. The van der Waals surface area contributed by atoms with Crippen LogP contribution in [0.5, 0.6) is 0 Å². The maximum Gasteiger partial charge on any atom is 0.401 e. The Balaban J connectivity index is 2.46. The van der Waals surface area contributed by atoms with Crippen molar-refractivity contribution in [3.05, 3.63) is 21.9 Å². The zero-order valence-electron chi connectivity index (χ0n) is 11.8. The Morgan fingerprint density at radius 2 is 1.74 bits per heavy atom. The molecule has 6 heteroatoms. The first-order valence-electron chi connectivity index (χ1n) is 6.13. The van der Waals surface area contributed by atoms with Crippen LogP contribution in [0.15, 0.2) is 12.1 Å². The molecule has 0 radical (unpaired) electrons. The van der Waals surface area contributed by atoms with E-state index in [9.17, 15) is 13.2 Å². The number of thiophene rings is 1. The van der Waals surface area contributed by atoms with E-state index in [1.807, 2.05) is 12.1 Å². The van der Waals surface area contributed by atoms with Crippen LogP contribution in [0.25, 0.3) is 0 Å². The minimum atomic E-state index is -4.14. The normalized spacial score (nSPS) is 13.3. The minimum absolute atomic E-state index is 0.0389. The van der Waals surface area contributed by atoms with Crippen molar-refractivity contribution in [3.8, 4) is 0 Å². The molecular formula is C13H21F3N2S. The molecule has 1 aromatic heterocycles. The van der Waals surface area contributed by atoms with Gasteiger partial charge in [0.1, 0.15) is 0 Å². The van der Waals surface area contributed by atoms with Gasteiger partial charge >= 0.3 is 6.18 Å². The number of alkyl halides is 3. The Hall–Kier alpha value is -0.590. The van der Waals surface area contributed by atoms with Crippen LogP contribution in [0.3, 0.4) is 0 Å². The van der Waals surface area contributed by atoms with Crippen molar-refractivity contribution in [2.24, 2.45) is 0 Å². The van der Waals surface area contributed by atoms with E-state index in [-0.39, 0.29) is 5.54 Å². The molecule has 0 spiro atoms. The lowest BCUT2D eigenvalue weighted by Crippen LogP contribution is -2.34. The number of halogens is 3. The maximum atomic E-state index is 12.2. The van der Waals surface area contributed by atoms with Gasteiger partial charge in [-0.25, -0.2) is 0 Å². The highest BCUT2D eigenvalue weighted by Gasteiger charge is 2.29. The molecule has 0 atom stereocenters. The van der Waals surface area contributed by atoms with Crippen LogP contribution in [0, 0.1) is 0 Å². The third kappa shape index (κ3) is 7.54. The fourth-order valence-electron chi connectivity index (χ4n) is 1.58. The summed E-state index contributed by atoms with van der Waals surface area (Å²) in [4.78, 5) is 3.38. The summed E-state index contributed by atoms with van der Waals surface area (Å²) in [5.41, 5.74) is 0.0389. The van der Waals surface area contributed by atoms with Crippen LogP contribution in [0.1, 0.15) is 30.5 Å². The highest BCUT2D eigenvalue weighted by molar-refractivity contribution is 7.11. The van der Waals surface area contributed by atoms with Gasteiger partial charge in [0.05, 0.1) is 6.54 Å². The summed E-state index contributed by atoms with van der Waals surface area (Å²) < 4.78 is 36.7. The Bertz CT molecular complexity index is 393. The molecule has 0 amide bonds. The van der Waals surface area contributed by atoms with Crippen molar-refractivity contribution in [2.75, 3.05) is 13.6 Å². The topological polar surface area (TPSA) is 15.3 Å². The van der Waals surface area contributed by atoms with E-state index in [4.69, 9.17) is 0 Å². The van der Waals surface area contributed by atoms with Crippen molar-refractivity contribution in [2.45, 2.75) is 45.6 Å². The summed E-state index contributed by atoms with van der Waals surface area (Å²) in [6, 6.07) is 3.87. The predicted molar refractivity (Wildman–Crippen MR) is 73.3 cm³/mol. The lowest BCUT2D eigenvalue weighted by Gasteiger charge is -2.19. The molecule has 0 aromatic carbocycles. The molecule has 2 nitrogen and oxygen atoms in total. The summed E-state index contributed by atoms with van der Waals surface area (Å²) >= 11 is 1.56. The molecule has 1 rings (SSSR count). The largest absolute Gasteiger partial charge is 0.401 e. The van der Waals surface area contributed by atoms with Gasteiger partial charge in [0.25, 0.3) is 0 Å². The first-order valence-corrected chi connectivity index (χ1v) is 6.95. The van der Waals surface area contributed by atoms with Crippen molar-refractivity contribution in [1.29, 1.82) is 0 Å². The molecule has 19 heavy (non-hydrogen) atoms. The molecule has 110 valence electrons. The average molecular weight is 294 g/mol. The van der Waals surface area contributed by atoms with Crippen LogP contribution in [-0.2, 0) is 13.1 Å². The quantitative estimate of drug-likeness (QED) is 0.892.